The van der Waals surface area contributed by atoms with Gasteiger partial charge in [-0.15, -0.1) is 6.58 Å². The number of likely N-dealkylation sites (tertiary alicyclic amines) is 1. The topological polar surface area (TPSA) is 57.7 Å². The van der Waals surface area contributed by atoms with Gasteiger partial charge in [-0.1, -0.05) is 48.5 Å². The second-order valence-electron chi connectivity index (χ2n) is 8.00. The Morgan fingerprint density at radius 3 is 2.20 bits per heavy atom. The first kappa shape index (κ1) is 20.1. The van der Waals surface area contributed by atoms with Crippen LogP contribution < -0.4 is 0 Å². The molecule has 2 heterocycles. The van der Waals surface area contributed by atoms with Crippen LogP contribution >= 0.6 is 0 Å². The van der Waals surface area contributed by atoms with E-state index in [9.17, 15) is 14.4 Å². The summed E-state index contributed by atoms with van der Waals surface area (Å²) in [7, 11) is 0. The molecule has 0 aliphatic carbocycles. The molecule has 30 heavy (non-hydrogen) atoms. The first-order chi connectivity index (χ1) is 14.6. The van der Waals surface area contributed by atoms with Crippen LogP contribution in [0.5, 0.6) is 0 Å². The largest absolute Gasteiger partial charge is 0.338 e. The van der Waals surface area contributed by atoms with Gasteiger partial charge < -0.3 is 4.90 Å². The number of rotatable bonds is 8. The zero-order chi connectivity index (χ0) is 21.1. The van der Waals surface area contributed by atoms with Gasteiger partial charge in [-0.2, -0.15) is 0 Å². The van der Waals surface area contributed by atoms with E-state index in [2.05, 4.69) is 18.7 Å². The lowest BCUT2D eigenvalue weighted by Crippen LogP contribution is -2.44. The van der Waals surface area contributed by atoms with Crippen molar-refractivity contribution in [3.8, 4) is 0 Å². The number of amides is 3. The second kappa shape index (κ2) is 8.66. The Kier molecular flexibility index (Phi) is 5.79. The van der Waals surface area contributed by atoms with Gasteiger partial charge in [-0.3, -0.25) is 19.3 Å². The van der Waals surface area contributed by atoms with E-state index >= 15 is 0 Å². The fourth-order valence-electron chi connectivity index (χ4n) is 4.55. The number of imide groups is 1. The molecule has 3 amide bonds. The van der Waals surface area contributed by atoms with E-state index in [1.165, 1.54) is 10.5 Å². The Morgan fingerprint density at radius 2 is 1.57 bits per heavy atom. The van der Waals surface area contributed by atoms with Gasteiger partial charge in [0.25, 0.3) is 11.8 Å². The second-order valence-corrected chi connectivity index (χ2v) is 8.00. The summed E-state index contributed by atoms with van der Waals surface area (Å²) in [5.41, 5.74) is 2.14. The summed E-state index contributed by atoms with van der Waals surface area (Å²) in [5, 5.41) is 0. The molecule has 2 atom stereocenters. The molecule has 2 aliphatic heterocycles. The summed E-state index contributed by atoms with van der Waals surface area (Å²) >= 11 is 0. The van der Waals surface area contributed by atoms with Gasteiger partial charge in [0.05, 0.1) is 17.2 Å². The Labute approximate surface area is 177 Å². The van der Waals surface area contributed by atoms with E-state index in [1.54, 1.807) is 30.3 Å². The number of benzene rings is 2. The lowest BCUT2D eigenvalue weighted by molar-refractivity contribution is -0.132. The molecule has 1 fully saturated rings. The number of hydrogen-bond donors (Lipinski definition) is 0. The van der Waals surface area contributed by atoms with Crippen LogP contribution in [0.25, 0.3) is 0 Å². The van der Waals surface area contributed by atoms with Crippen LogP contribution in [0.4, 0.5) is 0 Å². The number of nitrogens with zero attached hydrogens (tertiary/aromatic N) is 2. The lowest BCUT2D eigenvalue weighted by Gasteiger charge is -2.28. The highest BCUT2D eigenvalue weighted by molar-refractivity contribution is 6.21. The highest BCUT2D eigenvalue weighted by atomic mass is 16.2. The van der Waals surface area contributed by atoms with Crippen LogP contribution in [0.3, 0.4) is 0 Å². The maximum Gasteiger partial charge on any atom is 0.261 e. The van der Waals surface area contributed by atoms with Gasteiger partial charge in [0, 0.05) is 19.0 Å². The molecule has 0 aromatic heterocycles. The van der Waals surface area contributed by atoms with Gasteiger partial charge >= 0.3 is 0 Å². The van der Waals surface area contributed by atoms with Crippen molar-refractivity contribution < 1.29 is 14.4 Å². The van der Waals surface area contributed by atoms with E-state index in [0.717, 1.165) is 12.8 Å². The van der Waals surface area contributed by atoms with E-state index in [1.807, 2.05) is 23.1 Å². The third kappa shape index (κ3) is 3.80. The van der Waals surface area contributed by atoms with Crippen molar-refractivity contribution in [3.63, 3.8) is 0 Å². The third-order valence-corrected chi connectivity index (χ3v) is 6.06. The normalized spacial score (nSPS) is 20.7. The van der Waals surface area contributed by atoms with Crippen LogP contribution in [-0.4, -0.2) is 46.7 Å². The Morgan fingerprint density at radius 1 is 0.933 bits per heavy atom. The Bertz CT molecular complexity index is 934. The number of fused-ring (bicyclic) bond motifs is 1. The molecule has 4 rings (SSSR count). The monoisotopic (exact) mass is 402 g/mol. The number of aryl methyl sites for hydroxylation is 1. The van der Waals surface area contributed by atoms with Crippen molar-refractivity contribution in [2.75, 3.05) is 13.1 Å². The molecule has 0 spiro atoms. The Hall–Kier alpha value is -3.21. The Balaban J connectivity index is 1.47. The predicted molar refractivity (Wildman–Crippen MR) is 115 cm³/mol. The van der Waals surface area contributed by atoms with Crippen molar-refractivity contribution in [3.05, 3.63) is 83.9 Å². The summed E-state index contributed by atoms with van der Waals surface area (Å²) in [4.78, 5) is 41.7. The summed E-state index contributed by atoms with van der Waals surface area (Å²) < 4.78 is 0. The average Bonchev–Trinajstić information content (AvgIpc) is 3.19. The van der Waals surface area contributed by atoms with Crippen molar-refractivity contribution in [1.82, 2.24) is 9.80 Å². The van der Waals surface area contributed by atoms with Crippen LogP contribution in [0, 0.1) is 5.92 Å². The van der Waals surface area contributed by atoms with Crippen LogP contribution in [0.1, 0.15) is 45.5 Å². The molecule has 1 saturated heterocycles. The summed E-state index contributed by atoms with van der Waals surface area (Å²) in [6.45, 7) is 4.64. The van der Waals surface area contributed by atoms with Crippen LogP contribution in [-0.2, 0) is 11.2 Å². The number of hydrogen-bond acceptors (Lipinski definition) is 3. The molecule has 2 aromatic carbocycles. The van der Waals surface area contributed by atoms with Crippen molar-refractivity contribution in [1.29, 1.82) is 0 Å². The van der Waals surface area contributed by atoms with Crippen LogP contribution in [0.15, 0.2) is 67.3 Å². The lowest BCUT2D eigenvalue weighted by atomic mass is 10.0. The standard InChI is InChI=1S/C25H26N2O3/c1-2-9-19-16-20(17-27-24(29)21-13-6-7-14-22(21)25(27)30)26(23(19)28)15-8-12-18-10-4-3-5-11-18/h2-7,10-11,13-14,19-20H,1,8-9,12,15-17H2/t19-,20+/m1/s1. The number of allylic oxidation sites excluding steroid dienone is 1. The first-order valence-corrected chi connectivity index (χ1v) is 10.5. The fourth-order valence-corrected chi connectivity index (χ4v) is 4.55. The molecule has 0 radical (unpaired) electrons. The molecular formula is C25H26N2O3. The summed E-state index contributed by atoms with van der Waals surface area (Å²) in [6, 6.07) is 17.0. The smallest absolute Gasteiger partial charge is 0.261 e. The molecule has 0 unspecified atom stereocenters. The average molecular weight is 402 g/mol. The minimum absolute atomic E-state index is 0.101. The summed E-state index contributed by atoms with van der Waals surface area (Å²) in [5.74, 6) is -0.553. The molecule has 2 aliphatic rings. The zero-order valence-corrected chi connectivity index (χ0v) is 17.0. The maximum atomic E-state index is 13.0. The molecule has 5 nitrogen and oxygen atoms in total. The molecule has 2 aromatic rings. The van der Waals surface area contributed by atoms with Gasteiger partial charge in [0.1, 0.15) is 0 Å². The van der Waals surface area contributed by atoms with E-state index in [4.69, 9.17) is 0 Å². The molecule has 0 N–H and O–H groups in total. The summed E-state index contributed by atoms with van der Waals surface area (Å²) in [6.07, 6.45) is 4.76. The van der Waals surface area contributed by atoms with Gasteiger partial charge in [0.15, 0.2) is 0 Å². The van der Waals surface area contributed by atoms with Crippen molar-refractivity contribution >= 4 is 17.7 Å². The van der Waals surface area contributed by atoms with E-state index < -0.39 is 0 Å². The quantitative estimate of drug-likeness (QED) is 0.500. The molecule has 0 bridgehead atoms. The minimum Gasteiger partial charge on any atom is -0.338 e. The van der Waals surface area contributed by atoms with E-state index in [-0.39, 0.29) is 36.2 Å². The minimum atomic E-state index is -0.264. The predicted octanol–water partition coefficient (Wildman–Crippen LogP) is 3.71. The van der Waals surface area contributed by atoms with Gasteiger partial charge in [-0.25, -0.2) is 0 Å². The van der Waals surface area contributed by atoms with Crippen molar-refractivity contribution in [2.24, 2.45) is 5.92 Å². The highest BCUT2D eigenvalue weighted by Gasteiger charge is 2.43. The zero-order valence-electron chi connectivity index (χ0n) is 17.0. The molecular weight excluding hydrogens is 376 g/mol. The van der Waals surface area contributed by atoms with Gasteiger partial charge in [0.2, 0.25) is 5.91 Å². The molecule has 5 heteroatoms. The molecule has 154 valence electrons. The third-order valence-electron chi connectivity index (χ3n) is 6.06. The van der Waals surface area contributed by atoms with Crippen molar-refractivity contribution in [2.45, 2.75) is 31.7 Å². The molecule has 0 saturated carbocycles. The fraction of sp³-hybridized carbons (Fsp3) is 0.320. The van der Waals surface area contributed by atoms with E-state index in [0.29, 0.717) is 30.5 Å². The SMILES string of the molecule is C=CC[C@@H]1C[C@@H](CN2C(=O)c3ccccc3C2=O)N(CCCc2ccccc2)C1=O. The van der Waals surface area contributed by atoms with Crippen LogP contribution in [0.2, 0.25) is 0 Å². The number of carbonyl (C=O) groups is 3. The highest BCUT2D eigenvalue weighted by Crippen LogP contribution is 2.31. The first-order valence-electron chi connectivity index (χ1n) is 10.5. The number of carbonyl (C=O) groups excluding carboxylic acids is 3. The maximum absolute atomic E-state index is 13.0. The van der Waals surface area contributed by atoms with Gasteiger partial charge in [-0.05, 0) is 43.4 Å².